The van der Waals surface area contributed by atoms with Crippen LogP contribution in [0, 0.1) is 0 Å². The number of rotatable bonds is 9. The van der Waals surface area contributed by atoms with Gasteiger partial charge in [-0.2, -0.15) is 5.10 Å². The van der Waals surface area contributed by atoms with Crippen molar-refractivity contribution in [3.8, 4) is 11.1 Å². The van der Waals surface area contributed by atoms with Gasteiger partial charge < -0.3 is 20.5 Å². The maximum atomic E-state index is 12.5. The van der Waals surface area contributed by atoms with Crippen LogP contribution in [0.2, 0.25) is 0 Å². The number of aryl methyl sites for hydroxylation is 1. The Hall–Kier alpha value is -4.14. The molecule has 182 valence electrons. The fourth-order valence-electron chi connectivity index (χ4n) is 4.41. The van der Waals surface area contributed by atoms with Crippen LogP contribution >= 0.6 is 0 Å². The van der Waals surface area contributed by atoms with Crippen LogP contribution in [-0.2, 0) is 23.1 Å². The monoisotopic (exact) mass is 476 g/mol. The van der Waals surface area contributed by atoms with Gasteiger partial charge in [0.1, 0.15) is 12.3 Å². The molecule has 0 spiro atoms. The van der Waals surface area contributed by atoms with E-state index in [1.807, 2.05) is 24.3 Å². The molecule has 3 N–H and O–H groups in total. The number of fused-ring (bicyclic) bond motifs is 3. The Morgan fingerprint density at radius 2 is 1.71 bits per heavy atom. The van der Waals surface area contributed by atoms with Crippen molar-refractivity contribution in [1.29, 1.82) is 0 Å². The van der Waals surface area contributed by atoms with E-state index in [0.29, 0.717) is 12.1 Å². The van der Waals surface area contributed by atoms with E-state index in [4.69, 9.17) is 9.84 Å². The van der Waals surface area contributed by atoms with E-state index in [0.717, 1.165) is 22.3 Å². The van der Waals surface area contributed by atoms with Gasteiger partial charge >= 0.3 is 12.1 Å². The molecule has 0 bridgehead atoms. The minimum Gasteiger partial charge on any atom is -0.481 e. The van der Waals surface area contributed by atoms with E-state index in [1.54, 1.807) is 20.0 Å². The van der Waals surface area contributed by atoms with Crippen molar-refractivity contribution in [2.45, 2.75) is 38.3 Å². The Balaban J connectivity index is 1.33. The number of benzene rings is 2. The third kappa shape index (κ3) is 5.34. The molecule has 1 aromatic heterocycles. The molecule has 4 rings (SSSR count). The summed E-state index contributed by atoms with van der Waals surface area (Å²) in [6, 6.07) is 17.3. The van der Waals surface area contributed by atoms with Crippen molar-refractivity contribution in [2.24, 2.45) is 7.05 Å². The lowest BCUT2D eigenvalue weighted by atomic mass is 9.98. The Labute approximate surface area is 203 Å². The van der Waals surface area contributed by atoms with Gasteiger partial charge in [-0.3, -0.25) is 14.3 Å². The molecule has 1 heterocycles. The summed E-state index contributed by atoms with van der Waals surface area (Å²) >= 11 is 0. The molecule has 9 heteroatoms. The largest absolute Gasteiger partial charge is 0.481 e. The first-order valence-electron chi connectivity index (χ1n) is 11.5. The SMILES string of the molecule is CC[C@@H](CC(=O)O)NC(=O)c1cc(CNC(=O)OCC2c3ccccc3-c3ccccc32)nn1C. The van der Waals surface area contributed by atoms with E-state index in [2.05, 4.69) is 40.0 Å². The predicted molar refractivity (Wildman–Crippen MR) is 129 cm³/mol. The van der Waals surface area contributed by atoms with Gasteiger partial charge in [0.2, 0.25) is 0 Å². The first-order valence-corrected chi connectivity index (χ1v) is 11.5. The number of aromatic nitrogens is 2. The number of carboxylic acids is 1. The van der Waals surface area contributed by atoms with Gasteiger partial charge in [0, 0.05) is 19.0 Å². The second-order valence-electron chi connectivity index (χ2n) is 8.50. The summed E-state index contributed by atoms with van der Waals surface area (Å²) in [6.07, 6.45) is -0.237. The number of alkyl carbamates (subject to hydrolysis) is 1. The van der Waals surface area contributed by atoms with Crippen LogP contribution in [0.5, 0.6) is 0 Å². The molecule has 0 radical (unpaired) electrons. The van der Waals surface area contributed by atoms with Crippen molar-refractivity contribution in [2.75, 3.05) is 6.61 Å². The average molecular weight is 477 g/mol. The van der Waals surface area contributed by atoms with Crippen molar-refractivity contribution in [3.63, 3.8) is 0 Å². The van der Waals surface area contributed by atoms with Gasteiger partial charge in [0.05, 0.1) is 18.7 Å². The normalized spacial score (nSPS) is 13.0. The Bertz CT molecular complexity index is 1210. The van der Waals surface area contributed by atoms with Crippen LogP contribution in [-0.4, -0.2) is 45.5 Å². The molecular formula is C26H28N4O5. The van der Waals surface area contributed by atoms with Crippen molar-refractivity contribution >= 4 is 18.0 Å². The molecular weight excluding hydrogens is 448 g/mol. The lowest BCUT2D eigenvalue weighted by molar-refractivity contribution is -0.137. The summed E-state index contributed by atoms with van der Waals surface area (Å²) in [4.78, 5) is 35.9. The molecule has 1 aliphatic carbocycles. The molecule has 2 amide bonds. The molecule has 3 aromatic rings. The number of carbonyl (C=O) groups excluding carboxylic acids is 2. The summed E-state index contributed by atoms with van der Waals surface area (Å²) in [7, 11) is 1.61. The Morgan fingerprint density at radius 1 is 1.09 bits per heavy atom. The van der Waals surface area contributed by atoms with Crippen molar-refractivity contribution in [1.82, 2.24) is 20.4 Å². The van der Waals surface area contributed by atoms with Crippen molar-refractivity contribution in [3.05, 3.63) is 77.1 Å². The van der Waals surface area contributed by atoms with Crippen LogP contribution in [0.25, 0.3) is 11.1 Å². The molecule has 9 nitrogen and oxygen atoms in total. The topological polar surface area (TPSA) is 123 Å². The van der Waals surface area contributed by atoms with Crippen LogP contribution in [0.4, 0.5) is 4.79 Å². The van der Waals surface area contributed by atoms with E-state index in [-0.39, 0.29) is 31.2 Å². The lowest BCUT2D eigenvalue weighted by Crippen LogP contribution is -2.36. The number of nitrogens with one attached hydrogen (secondary N) is 2. The number of carbonyl (C=O) groups is 3. The highest BCUT2D eigenvalue weighted by Crippen LogP contribution is 2.44. The van der Waals surface area contributed by atoms with Crippen LogP contribution < -0.4 is 10.6 Å². The zero-order valence-corrected chi connectivity index (χ0v) is 19.7. The molecule has 0 saturated heterocycles. The summed E-state index contributed by atoms with van der Waals surface area (Å²) < 4.78 is 6.93. The molecule has 0 unspecified atom stereocenters. The highest BCUT2D eigenvalue weighted by atomic mass is 16.5. The predicted octanol–water partition coefficient (Wildman–Crippen LogP) is 3.44. The number of ether oxygens (including phenoxy) is 1. The number of amides is 2. The van der Waals surface area contributed by atoms with E-state index < -0.39 is 24.0 Å². The second kappa shape index (κ2) is 10.4. The standard InChI is InChI=1S/C26H28N4O5/c1-3-16(13-24(31)32)28-25(33)23-12-17(29-30(23)2)14-27-26(34)35-15-22-20-10-6-4-8-18(20)19-9-5-7-11-21(19)22/h4-12,16,22H,3,13-15H2,1-2H3,(H,27,34)(H,28,33)(H,31,32)/t16-/m0/s1. The number of nitrogens with zero attached hydrogens (tertiary/aromatic N) is 2. The third-order valence-electron chi connectivity index (χ3n) is 6.17. The van der Waals surface area contributed by atoms with Gasteiger partial charge in [-0.1, -0.05) is 55.5 Å². The lowest BCUT2D eigenvalue weighted by Gasteiger charge is -2.14. The Kier molecular flexibility index (Phi) is 7.14. The summed E-state index contributed by atoms with van der Waals surface area (Å²) in [5.74, 6) is -1.42. The van der Waals surface area contributed by atoms with Gasteiger partial charge in [-0.05, 0) is 34.7 Å². The number of hydrogen-bond acceptors (Lipinski definition) is 5. The number of aliphatic carboxylic acids is 1. The first kappa shape index (κ1) is 24.0. The van der Waals surface area contributed by atoms with E-state index in [9.17, 15) is 14.4 Å². The smallest absolute Gasteiger partial charge is 0.407 e. The van der Waals surface area contributed by atoms with Gasteiger partial charge in [0.15, 0.2) is 0 Å². The second-order valence-corrected chi connectivity index (χ2v) is 8.50. The minimum atomic E-state index is -0.977. The van der Waals surface area contributed by atoms with Crippen LogP contribution in [0.15, 0.2) is 54.6 Å². The zero-order chi connectivity index (χ0) is 24.9. The molecule has 0 saturated carbocycles. The summed E-state index contributed by atoms with van der Waals surface area (Å²) in [6.45, 7) is 2.10. The van der Waals surface area contributed by atoms with Crippen molar-refractivity contribution < 1.29 is 24.2 Å². The highest BCUT2D eigenvalue weighted by Gasteiger charge is 2.29. The van der Waals surface area contributed by atoms with Crippen LogP contribution in [0.1, 0.15) is 53.0 Å². The van der Waals surface area contributed by atoms with E-state index in [1.165, 1.54) is 4.68 Å². The fraction of sp³-hybridized carbons (Fsp3) is 0.308. The maximum Gasteiger partial charge on any atom is 0.407 e. The quantitative estimate of drug-likeness (QED) is 0.435. The third-order valence-corrected chi connectivity index (χ3v) is 6.17. The van der Waals surface area contributed by atoms with E-state index >= 15 is 0 Å². The Morgan fingerprint density at radius 3 is 2.31 bits per heavy atom. The van der Waals surface area contributed by atoms with Gasteiger partial charge in [-0.15, -0.1) is 0 Å². The fourth-order valence-corrected chi connectivity index (χ4v) is 4.41. The van der Waals surface area contributed by atoms with Gasteiger partial charge in [-0.25, -0.2) is 4.79 Å². The molecule has 1 aliphatic rings. The number of hydrogen-bond donors (Lipinski definition) is 3. The minimum absolute atomic E-state index is 0.0318. The molecule has 2 aromatic carbocycles. The molecule has 0 aliphatic heterocycles. The first-order chi connectivity index (χ1) is 16.9. The summed E-state index contributed by atoms with van der Waals surface area (Å²) in [5.41, 5.74) is 5.34. The van der Waals surface area contributed by atoms with Crippen LogP contribution in [0.3, 0.4) is 0 Å². The zero-order valence-electron chi connectivity index (χ0n) is 19.7. The summed E-state index contributed by atoms with van der Waals surface area (Å²) in [5, 5.41) is 18.6. The molecule has 35 heavy (non-hydrogen) atoms. The van der Waals surface area contributed by atoms with Gasteiger partial charge in [0.25, 0.3) is 5.91 Å². The maximum absolute atomic E-state index is 12.5. The molecule has 0 fully saturated rings. The highest BCUT2D eigenvalue weighted by molar-refractivity contribution is 5.93. The number of carboxylic acid groups (broad SMARTS) is 1. The average Bonchev–Trinajstić information content (AvgIpc) is 3.38. The molecule has 1 atom stereocenters.